The van der Waals surface area contributed by atoms with E-state index in [-0.39, 0.29) is 23.9 Å². The summed E-state index contributed by atoms with van der Waals surface area (Å²) in [7, 11) is 0. The molecule has 2 aromatic rings. The molecule has 36 heavy (non-hydrogen) atoms. The summed E-state index contributed by atoms with van der Waals surface area (Å²) in [6, 6.07) is 9.00. The van der Waals surface area contributed by atoms with Crippen molar-refractivity contribution in [3.63, 3.8) is 0 Å². The van der Waals surface area contributed by atoms with Gasteiger partial charge in [-0.1, -0.05) is 66.5 Å². The van der Waals surface area contributed by atoms with Gasteiger partial charge in [-0.25, -0.2) is 0 Å². The Morgan fingerprint density at radius 1 is 0.694 bits per heavy atom. The number of phenolic OH excluding ortho intramolecular Hbond substituents is 2. The van der Waals surface area contributed by atoms with Crippen LogP contribution in [0.5, 0.6) is 11.5 Å². The zero-order chi connectivity index (χ0) is 26.2. The predicted molar refractivity (Wildman–Crippen MR) is 154 cm³/mol. The molecular weight excluding hydrogens is 444 g/mol. The minimum atomic E-state index is 0.266. The molecule has 1 fully saturated rings. The van der Waals surface area contributed by atoms with Crippen LogP contribution in [0.1, 0.15) is 125 Å². The molecular formula is C32H46N2O2. The van der Waals surface area contributed by atoms with E-state index in [4.69, 9.17) is 9.98 Å². The minimum absolute atomic E-state index is 0.266. The highest BCUT2D eigenvalue weighted by Gasteiger charge is 2.20. The van der Waals surface area contributed by atoms with Crippen molar-refractivity contribution in [1.29, 1.82) is 0 Å². The average Bonchev–Trinajstić information content (AvgIpc) is 2.84. The molecule has 0 aromatic heterocycles. The van der Waals surface area contributed by atoms with Gasteiger partial charge < -0.3 is 10.2 Å². The molecule has 0 heterocycles. The van der Waals surface area contributed by atoms with Gasteiger partial charge in [-0.2, -0.15) is 0 Å². The largest absolute Gasteiger partial charge is 0.507 e. The van der Waals surface area contributed by atoms with Crippen LogP contribution in [0.15, 0.2) is 34.3 Å². The van der Waals surface area contributed by atoms with E-state index in [1.807, 2.05) is 12.4 Å². The topological polar surface area (TPSA) is 65.2 Å². The quantitative estimate of drug-likeness (QED) is 0.330. The molecule has 1 aliphatic carbocycles. The minimum Gasteiger partial charge on any atom is -0.507 e. The molecule has 1 aliphatic rings. The van der Waals surface area contributed by atoms with E-state index < -0.39 is 0 Å². The number of rotatable bonds is 10. The van der Waals surface area contributed by atoms with Crippen LogP contribution < -0.4 is 0 Å². The Balaban J connectivity index is 1.67. The van der Waals surface area contributed by atoms with E-state index in [1.54, 1.807) is 0 Å². The lowest BCUT2D eigenvalue weighted by Gasteiger charge is -2.23. The van der Waals surface area contributed by atoms with Crippen molar-refractivity contribution in [2.75, 3.05) is 0 Å². The van der Waals surface area contributed by atoms with Gasteiger partial charge in [0.25, 0.3) is 0 Å². The fraction of sp³-hybridized carbons (Fsp3) is 0.562. The van der Waals surface area contributed by atoms with E-state index in [0.717, 1.165) is 73.6 Å². The summed E-state index contributed by atoms with van der Waals surface area (Å²) in [6.07, 6.45) is 11.9. The van der Waals surface area contributed by atoms with Gasteiger partial charge >= 0.3 is 0 Å². The maximum absolute atomic E-state index is 10.8. The van der Waals surface area contributed by atoms with Crippen molar-refractivity contribution in [1.82, 2.24) is 0 Å². The molecule has 4 nitrogen and oxygen atoms in total. The number of hydrogen-bond donors (Lipinski definition) is 2. The van der Waals surface area contributed by atoms with Gasteiger partial charge in [-0.3, -0.25) is 9.98 Å². The van der Waals surface area contributed by atoms with Crippen LogP contribution in [0.3, 0.4) is 0 Å². The normalized spacial score (nSPS) is 18.8. The Morgan fingerprint density at radius 2 is 1.06 bits per heavy atom. The van der Waals surface area contributed by atoms with Gasteiger partial charge in [0.2, 0.25) is 0 Å². The van der Waals surface area contributed by atoms with Crippen LogP contribution in [-0.2, 0) is 12.8 Å². The van der Waals surface area contributed by atoms with E-state index in [9.17, 15) is 10.2 Å². The third kappa shape index (κ3) is 7.21. The third-order valence-corrected chi connectivity index (χ3v) is 7.29. The molecule has 0 atom stereocenters. The Morgan fingerprint density at radius 3 is 1.36 bits per heavy atom. The van der Waals surface area contributed by atoms with Crippen LogP contribution in [-0.4, -0.2) is 34.7 Å². The first kappa shape index (κ1) is 28.0. The lowest BCUT2D eigenvalue weighted by molar-refractivity contribution is 0.399. The van der Waals surface area contributed by atoms with Crippen molar-refractivity contribution in [3.8, 4) is 11.5 Å². The van der Waals surface area contributed by atoms with E-state index in [1.165, 1.54) is 11.1 Å². The summed E-state index contributed by atoms with van der Waals surface area (Å²) in [5.41, 5.74) is 6.23. The second-order valence-corrected chi connectivity index (χ2v) is 11.1. The summed E-state index contributed by atoms with van der Waals surface area (Å²) in [4.78, 5) is 9.74. The molecule has 3 rings (SSSR count). The molecule has 0 bridgehead atoms. The molecule has 0 radical (unpaired) electrons. The Hall–Kier alpha value is -2.62. The van der Waals surface area contributed by atoms with Gasteiger partial charge in [0.15, 0.2) is 0 Å². The van der Waals surface area contributed by atoms with Crippen molar-refractivity contribution in [3.05, 3.63) is 57.6 Å². The van der Waals surface area contributed by atoms with Gasteiger partial charge in [-0.15, -0.1) is 0 Å². The standard InChI is InChI=1S/C32H46N2O2/c1-7-9-23-15-25(31(35)29(17-23)21(3)4)19-33-27-11-13-28(14-12-27)34-20-26-16-24(10-8-2)18-30(22(5)6)32(26)36/h15-22,27-28,35-36H,7-14H2,1-6H3. The second kappa shape index (κ2) is 13.1. The fourth-order valence-corrected chi connectivity index (χ4v) is 5.16. The lowest BCUT2D eigenvalue weighted by Crippen LogP contribution is -2.20. The number of benzene rings is 2. The molecule has 196 valence electrons. The molecule has 0 saturated heterocycles. The number of phenols is 2. The first-order chi connectivity index (χ1) is 17.2. The molecule has 1 saturated carbocycles. The zero-order valence-electron chi connectivity index (χ0n) is 23.2. The van der Waals surface area contributed by atoms with Crippen LogP contribution in [0.2, 0.25) is 0 Å². The molecule has 0 amide bonds. The van der Waals surface area contributed by atoms with Crippen LogP contribution in [0.4, 0.5) is 0 Å². The van der Waals surface area contributed by atoms with Gasteiger partial charge in [0.05, 0.1) is 12.1 Å². The average molecular weight is 491 g/mol. The zero-order valence-corrected chi connectivity index (χ0v) is 23.2. The predicted octanol–water partition coefficient (Wildman–Crippen LogP) is 8.10. The van der Waals surface area contributed by atoms with Crippen molar-refractivity contribution in [2.24, 2.45) is 9.98 Å². The van der Waals surface area contributed by atoms with Crippen molar-refractivity contribution < 1.29 is 10.2 Å². The van der Waals surface area contributed by atoms with Gasteiger partial charge in [-0.05, 0) is 84.7 Å². The van der Waals surface area contributed by atoms with Gasteiger partial charge in [0.1, 0.15) is 11.5 Å². The Bertz CT molecular complexity index is 975. The number of aryl methyl sites for hydroxylation is 2. The van der Waals surface area contributed by atoms with E-state index in [0.29, 0.717) is 11.5 Å². The van der Waals surface area contributed by atoms with E-state index >= 15 is 0 Å². The number of aliphatic imine (C=N–C) groups is 2. The monoisotopic (exact) mass is 490 g/mol. The smallest absolute Gasteiger partial charge is 0.127 e. The first-order valence-electron chi connectivity index (χ1n) is 14.0. The number of hydrogen-bond acceptors (Lipinski definition) is 4. The lowest BCUT2D eigenvalue weighted by atomic mass is 9.91. The summed E-state index contributed by atoms with van der Waals surface area (Å²) < 4.78 is 0. The summed E-state index contributed by atoms with van der Waals surface area (Å²) in [6.45, 7) is 12.9. The second-order valence-electron chi connectivity index (χ2n) is 11.1. The first-order valence-corrected chi connectivity index (χ1v) is 14.0. The number of aromatic hydroxyl groups is 2. The van der Waals surface area contributed by atoms with E-state index in [2.05, 4.69) is 65.8 Å². The maximum atomic E-state index is 10.8. The molecule has 0 unspecified atom stereocenters. The summed E-state index contributed by atoms with van der Waals surface area (Å²) in [5.74, 6) is 1.30. The Kier molecular flexibility index (Phi) is 10.2. The van der Waals surface area contributed by atoms with Crippen molar-refractivity contribution >= 4 is 12.4 Å². The van der Waals surface area contributed by atoms with Gasteiger partial charge in [0, 0.05) is 23.6 Å². The molecule has 4 heteroatoms. The highest BCUT2D eigenvalue weighted by atomic mass is 16.3. The third-order valence-electron chi connectivity index (χ3n) is 7.29. The highest BCUT2D eigenvalue weighted by Crippen LogP contribution is 2.32. The SMILES string of the molecule is CCCc1cc(C=NC2CCC(N=Cc3cc(CCC)cc(C(C)C)c3O)CC2)c(O)c(C(C)C)c1. The molecule has 2 N–H and O–H groups in total. The molecule has 0 spiro atoms. The fourth-order valence-electron chi connectivity index (χ4n) is 5.16. The number of nitrogens with zero attached hydrogens (tertiary/aromatic N) is 2. The Labute approximate surface area is 218 Å². The highest BCUT2D eigenvalue weighted by molar-refractivity contribution is 5.85. The van der Waals surface area contributed by atoms with Crippen LogP contribution in [0, 0.1) is 0 Å². The van der Waals surface area contributed by atoms with Crippen LogP contribution in [0.25, 0.3) is 0 Å². The van der Waals surface area contributed by atoms with Crippen molar-refractivity contribution in [2.45, 2.75) is 117 Å². The molecule has 2 aromatic carbocycles. The molecule has 0 aliphatic heterocycles. The van der Waals surface area contributed by atoms with Crippen LogP contribution >= 0.6 is 0 Å². The summed E-state index contributed by atoms with van der Waals surface area (Å²) in [5, 5.41) is 21.6. The maximum Gasteiger partial charge on any atom is 0.127 e. The summed E-state index contributed by atoms with van der Waals surface area (Å²) >= 11 is 0.